The van der Waals surface area contributed by atoms with Crippen molar-refractivity contribution in [2.45, 2.75) is 6.42 Å². The molecule has 6 nitrogen and oxygen atoms in total. The second kappa shape index (κ2) is 5.40. The molecule has 1 aromatic carbocycles. The summed E-state index contributed by atoms with van der Waals surface area (Å²) in [5.74, 6) is -1.19. The summed E-state index contributed by atoms with van der Waals surface area (Å²) in [6.45, 7) is 0. The van der Waals surface area contributed by atoms with Crippen LogP contribution in [0.2, 0.25) is 0 Å². The second-order valence-electron chi connectivity index (χ2n) is 4.76. The minimum Gasteiger partial charge on any atom is -0.469 e. The van der Waals surface area contributed by atoms with Gasteiger partial charge in [0, 0.05) is 6.20 Å². The van der Waals surface area contributed by atoms with Crippen LogP contribution in [0.25, 0.3) is 0 Å². The highest BCUT2D eigenvalue weighted by molar-refractivity contribution is 6.33. The van der Waals surface area contributed by atoms with E-state index < -0.39 is 11.8 Å². The molecule has 0 radical (unpaired) electrons. The molecule has 22 heavy (non-hydrogen) atoms. The van der Waals surface area contributed by atoms with Gasteiger partial charge in [0.05, 0.1) is 24.8 Å². The van der Waals surface area contributed by atoms with Crippen molar-refractivity contribution in [3.8, 4) is 0 Å². The van der Waals surface area contributed by atoms with Gasteiger partial charge in [-0.2, -0.15) is 0 Å². The molecule has 0 fully saturated rings. The lowest BCUT2D eigenvalue weighted by atomic mass is 10.1. The van der Waals surface area contributed by atoms with Crippen molar-refractivity contribution in [3.63, 3.8) is 0 Å². The van der Waals surface area contributed by atoms with Gasteiger partial charge in [-0.25, -0.2) is 4.90 Å². The fourth-order valence-electron chi connectivity index (χ4n) is 2.30. The van der Waals surface area contributed by atoms with Crippen molar-refractivity contribution in [2.75, 3.05) is 12.0 Å². The van der Waals surface area contributed by atoms with Gasteiger partial charge in [0.15, 0.2) is 0 Å². The quantitative estimate of drug-likeness (QED) is 0.635. The SMILES string of the molecule is COC(=O)Cc1ccc(N2C(=O)c3cccnc3C2=O)cc1. The van der Waals surface area contributed by atoms with Crippen LogP contribution in [0.3, 0.4) is 0 Å². The highest BCUT2D eigenvalue weighted by atomic mass is 16.5. The molecule has 0 N–H and O–H groups in total. The van der Waals surface area contributed by atoms with E-state index in [1.54, 1.807) is 36.4 Å². The summed E-state index contributed by atoms with van der Waals surface area (Å²) in [7, 11) is 1.32. The van der Waals surface area contributed by atoms with E-state index in [1.165, 1.54) is 13.3 Å². The monoisotopic (exact) mass is 296 g/mol. The maximum Gasteiger partial charge on any atom is 0.309 e. The normalized spacial score (nSPS) is 13.2. The van der Waals surface area contributed by atoms with Gasteiger partial charge in [-0.05, 0) is 29.8 Å². The molecule has 0 spiro atoms. The average molecular weight is 296 g/mol. The van der Waals surface area contributed by atoms with E-state index in [2.05, 4.69) is 9.72 Å². The molecule has 0 unspecified atom stereocenters. The zero-order chi connectivity index (χ0) is 15.7. The van der Waals surface area contributed by atoms with Crippen LogP contribution in [-0.4, -0.2) is 29.9 Å². The van der Waals surface area contributed by atoms with Crippen LogP contribution in [0, 0.1) is 0 Å². The Kier molecular flexibility index (Phi) is 3.42. The number of hydrogen-bond donors (Lipinski definition) is 0. The smallest absolute Gasteiger partial charge is 0.309 e. The van der Waals surface area contributed by atoms with Crippen LogP contribution in [0.15, 0.2) is 42.6 Å². The largest absolute Gasteiger partial charge is 0.469 e. The molecular weight excluding hydrogens is 284 g/mol. The lowest BCUT2D eigenvalue weighted by Gasteiger charge is -2.13. The number of pyridine rings is 1. The summed E-state index contributed by atoms with van der Waals surface area (Å²) in [5.41, 5.74) is 1.64. The van der Waals surface area contributed by atoms with Crippen LogP contribution < -0.4 is 4.90 Å². The lowest BCUT2D eigenvalue weighted by Crippen LogP contribution is -2.29. The summed E-state index contributed by atoms with van der Waals surface area (Å²) in [6.07, 6.45) is 1.62. The summed E-state index contributed by atoms with van der Waals surface area (Å²) < 4.78 is 4.59. The number of carbonyl (C=O) groups excluding carboxylic acids is 3. The Balaban J connectivity index is 1.88. The molecule has 0 atom stereocenters. The molecule has 0 saturated heterocycles. The molecule has 1 aliphatic heterocycles. The van der Waals surface area contributed by atoms with Gasteiger partial charge in [0.2, 0.25) is 0 Å². The minimum atomic E-state index is -0.443. The summed E-state index contributed by atoms with van der Waals surface area (Å²) in [5, 5.41) is 0. The maximum atomic E-state index is 12.3. The molecule has 0 saturated carbocycles. The first-order chi connectivity index (χ1) is 10.6. The van der Waals surface area contributed by atoms with Gasteiger partial charge < -0.3 is 4.74 Å². The molecular formula is C16H12N2O4. The Hall–Kier alpha value is -3.02. The van der Waals surface area contributed by atoms with Crippen LogP contribution in [-0.2, 0) is 16.0 Å². The third-order valence-electron chi connectivity index (χ3n) is 3.42. The number of rotatable bonds is 3. The molecule has 3 rings (SSSR count). The Morgan fingerprint density at radius 1 is 1.14 bits per heavy atom. The third-order valence-corrected chi connectivity index (χ3v) is 3.42. The predicted molar refractivity (Wildman–Crippen MR) is 77.5 cm³/mol. The van der Waals surface area contributed by atoms with Crippen LogP contribution in [0.1, 0.15) is 26.4 Å². The second-order valence-corrected chi connectivity index (χ2v) is 4.76. The summed E-state index contributed by atoms with van der Waals surface area (Å²) >= 11 is 0. The predicted octanol–water partition coefficient (Wildman–Crippen LogP) is 1.60. The number of benzene rings is 1. The molecule has 0 bridgehead atoms. The first-order valence-electron chi connectivity index (χ1n) is 6.61. The number of nitrogens with zero attached hydrogens (tertiary/aromatic N) is 2. The molecule has 1 aromatic heterocycles. The van der Waals surface area contributed by atoms with Gasteiger partial charge in [-0.1, -0.05) is 12.1 Å². The lowest BCUT2D eigenvalue weighted by molar-refractivity contribution is -0.139. The average Bonchev–Trinajstić information content (AvgIpc) is 2.80. The highest BCUT2D eigenvalue weighted by Crippen LogP contribution is 2.27. The van der Waals surface area contributed by atoms with E-state index in [0.29, 0.717) is 11.3 Å². The topological polar surface area (TPSA) is 76.6 Å². The van der Waals surface area contributed by atoms with E-state index in [1.807, 2.05) is 0 Å². The van der Waals surface area contributed by atoms with Crippen molar-refractivity contribution in [3.05, 3.63) is 59.4 Å². The van der Waals surface area contributed by atoms with Gasteiger partial charge in [0.25, 0.3) is 11.8 Å². The van der Waals surface area contributed by atoms with Gasteiger partial charge >= 0.3 is 5.97 Å². The summed E-state index contributed by atoms with van der Waals surface area (Å²) in [4.78, 5) is 40.9. The van der Waals surface area contributed by atoms with Crippen LogP contribution >= 0.6 is 0 Å². The van der Waals surface area contributed by atoms with Crippen molar-refractivity contribution >= 4 is 23.5 Å². The number of methoxy groups -OCH3 is 1. The highest BCUT2D eigenvalue weighted by Gasteiger charge is 2.37. The van der Waals surface area contributed by atoms with E-state index in [0.717, 1.165) is 10.5 Å². The standard InChI is InChI=1S/C16H12N2O4/c1-22-13(19)9-10-4-6-11(7-5-10)18-15(20)12-3-2-8-17-14(12)16(18)21/h2-8H,9H2,1H3. The molecule has 6 heteroatoms. The first kappa shape index (κ1) is 13.9. The van der Waals surface area contributed by atoms with Gasteiger partial charge in [0.1, 0.15) is 5.69 Å². The van der Waals surface area contributed by atoms with Gasteiger partial charge in [-0.3, -0.25) is 19.4 Å². The Morgan fingerprint density at radius 3 is 2.50 bits per heavy atom. The number of anilines is 1. The number of amides is 2. The Morgan fingerprint density at radius 2 is 1.86 bits per heavy atom. The van der Waals surface area contributed by atoms with Gasteiger partial charge in [-0.15, -0.1) is 0 Å². The number of carbonyl (C=O) groups is 3. The van der Waals surface area contributed by atoms with Crippen LogP contribution in [0.5, 0.6) is 0 Å². The number of aromatic nitrogens is 1. The Bertz CT molecular complexity index is 733. The molecule has 2 amide bonds. The van der Waals surface area contributed by atoms with Crippen molar-refractivity contribution < 1.29 is 19.1 Å². The third kappa shape index (κ3) is 2.24. The zero-order valence-electron chi connectivity index (χ0n) is 11.8. The minimum absolute atomic E-state index is 0.139. The zero-order valence-corrected chi connectivity index (χ0v) is 11.8. The molecule has 110 valence electrons. The van der Waals surface area contributed by atoms with Crippen molar-refractivity contribution in [2.24, 2.45) is 0 Å². The van der Waals surface area contributed by atoms with E-state index in [9.17, 15) is 14.4 Å². The number of fused-ring (bicyclic) bond motifs is 1. The fraction of sp³-hybridized carbons (Fsp3) is 0.125. The van der Waals surface area contributed by atoms with E-state index in [4.69, 9.17) is 0 Å². The Labute approximate surface area is 126 Å². The maximum absolute atomic E-state index is 12.3. The van der Waals surface area contributed by atoms with E-state index in [-0.39, 0.29) is 18.1 Å². The molecule has 2 aromatic rings. The van der Waals surface area contributed by atoms with E-state index >= 15 is 0 Å². The molecule has 1 aliphatic rings. The molecule has 0 aliphatic carbocycles. The number of imide groups is 1. The van der Waals surface area contributed by atoms with Crippen LogP contribution in [0.4, 0.5) is 5.69 Å². The number of esters is 1. The fourth-order valence-corrected chi connectivity index (χ4v) is 2.30. The molecule has 2 heterocycles. The number of ether oxygens (including phenoxy) is 1. The summed E-state index contributed by atoms with van der Waals surface area (Å²) in [6, 6.07) is 9.81. The first-order valence-corrected chi connectivity index (χ1v) is 6.61. The van der Waals surface area contributed by atoms with Crippen molar-refractivity contribution in [1.29, 1.82) is 0 Å². The number of hydrogen-bond acceptors (Lipinski definition) is 5. The van der Waals surface area contributed by atoms with Crippen molar-refractivity contribution in [1.82, 2.24) is 4.98 Å².